The first-order valence-electron chi connectivity index (χ1n) is 45.9. The minimum absolute atomic E-state index is 0.900. The fourth-order valence-corrected chi connectivity index (χ4v) is 21.1. The van der Waals surface area contributed by atoms with E-state index in [1.54, 1.807) is 0 Å². The number of rotatable bonds is 10. The molecule has 0 saturated heterocycles. The summed E-state index contributed by atoms with van der Waals surface area (Å²) in [6, 6.07) is 148. The van der Waals surface area contributed by atoms with E-state index in [1.165, 1.54) is 193 Å². The molecular weight excluding hydrogens is 1600 g/mol. The van der Waals surface area contributed by atoms with Crippen LogP contribution in [0.2, 0.25) is 0 Å². The number of fused-ring (bicyclic) bond motifs is 18. The highest BCUT2D eigenvalue weighted by Gasteiger charge is 2.24. The van der Waals surface area contributed by atoms with Crippen molar-refractivity contribution in [3.63, 3.8) is 0 Å². The van der Waals surface area contributed by atoms with Crippen molar-refractivity contribution >= 4 is 130 Å². The Bertz CT molecular complexity index is 8890. The number of benzene rings is 22. The third-order valence-corrected chi connectivity index (χ3v) is 27.3. The van der Waals surface area contributed by atoms with E-state index in [2.05, 4.69) is 457 Å². The van der Waals surface area contributed by atoms with Crippen LogP contribution in [0.1, 0.15) is 50.1 Å². The summed E-state index contributed by atoms with van der Waals surface area (Å²) < 4.78 is 19.7. The molecule has 3 heteroatoms. The lowest BCUT2D eigenvalue weighted by Gasteiger charge is -2.15. The molecule has 0 unspecified atom stereocenters. The molecule has 0 N–H and O–H groups in total. The largest absolute Gasteiger partial charge is 0.455 e. The molecular formula is C129H94O3. The van der Waals surface area contributed by atoms with Crippen LogP contribution in [0, 0.1) is 62.3 Å². The number of hydrogen-bond acceptors (Lipinski definition) is 3. The van der Waals surface area contributed by atoms with E-state index in [0.717, 1.165) is 99.2 Å². The number of furan rings is 3. The van der Waals surface area contributed by atoms with Gasteiger partial charge in [0.05, 0.1) is 0 Å². The summed E-state index contributed by atoms with van der Waals surface area (Å²) in [5, 5.41) is 22.2. The van der Waals surface area contributed by atoms with E-state index in [0.29, 0.717) is 0 Å². The third-order valence-electron chi connectivity index (χ3n) is 27.3. The summed E-state index contributed by atoms with van der Waals surface area (Å²) in [4.78, 5) is 0. The second-order valence-electron chi connectivity index (χ2n) is 36.3. The summed E-state index contributed by atoms with van der Waals surface area (Å²) in [7, 11) is 0. The second-order valence-corrected chi connectivity index (χ2v) is 36.3. The van der Waals surface area contributed by atoms with Gasteiger partial charge < -0.3 is 13.3 Å². The van der Waals surface area contributed by atoms with Gasteiger partial charge in [-0.05, 0) is 317 Å². The number of hydrogen-bond donors (Lipinski definition) is 0. The molecule has 0 saturated carbocycles. The lowest BCUT2D eigenvalue weighted by molar-refractivity contribution is 0.669. The maximum atomic E-state index is 6.80. The summed E-state index contributed by atoms with van der Waals surface area (Å²) in [6.07, 6.45) is 0. The van der Waals surface area contributed by atoms with Crippen molar-refractivity contribution in [2.75, 3.05) is 0 Å². The lowest BCUT2D eigenvalue weighted by Crippen LogP contribution is -1.92. The highest BCUT2D eigenvalue weighted by Crippen LogP contribution is 2.48. The molecule has 0 atom stereocenters. The molecule has 628 valence electrons. The molecule has 0 aliphatic rings. The van der Waals surface area contributed by atoms with Crippen molar-refractivity contribution in [2.45, 2.75) is 62.3 Å². The molecule has 0 aliphatic heterocycles. The minimum atomic E-state index is 0.900. The van der Waals surface area contributed by atoms with E-state index in [4.69, 9.17) is 13.3 Å². The van der Waals surface area contributed by atoms with Gasteiger partial charge in [0.2, 0.25) is 0 Å². The Morgan fingerprint density at radius 2 is 0.447 bits per heavy atom. The molecule has 0 bridgehead atoms. The second kappa shape index (κ2) is 32.8. The topological polar surface area (TPSA) is 39.4 Å². The molecule has 0 spiro atoms. The molecule has 0 radical (unpaired) electrons. The average Bonchev–Trinajstić information content (AvgIpc) is 1.58. The van der Waals surface area contributed by atoms with E-state index in [-0.39, 0.29) is 0 Å². The van der Waals surface area contributed by atoms with Gasteiger partial charge in [-0.15, -0.1) is 0 Å². The van der Waals surface area contributed by atoms with Gasteiger partial charge >= 0.3 is 0 Å². The molecule has 0 amide bonds. The van der Waals surface area contributed by atoms with Crippen LogP contribution in [0.3, 0.4) is 0 Å². The summed E-state index contributed by atoms with van der Waals surface area (Å²) in [5.74, 6) is 0. The van der Waals surface area contributed by atoms with Crippen molar-refractivity contribution < 1.29 is 13.3 Å². The van der Waals surface area contributed by atoms with Crippen molar-refractivity contribution in [1.29, 1.82) is 0 Å². The zero-order valence-electron chi connectivity index (χ0n) is 75.4. The number of aryl methyl sites for hydroxylation is 9. The molecule has 25 aromatic rings. The maximum absolute atomic E-state index is 6.80. The van der Waals surface area contributed by atoms with Crippen molar-refractivity contribution in [1.82, 2.24) is 0 Å². The zero-order valence-corrected chi connectivity index (χ0v) is 75.4. The van der Waals surface area contributed by atoms with Gasteiger partial charge in [0, 0.05) is 49.0 Å². The van der Waals surface area contributed by atoms with Crippen LogP contribution in [-0.4, -0.2) is 0 Å². The predicted molar refractivity (Wildman–Crippen MR) is 563 cm³/mol. The van der Waals surface area contributed by atoms with Crippen LogP contribution in [0.25, 0.3) is 242 Å². The first-order valence-corrected chi connectivity index (χ1v) is 45.9. The van der Waals surface area contributed by atoms with Gasteiger partial charge in [0.1, 0.15) is 33.5 Å². The monoisotopic (exact) mass is 1690 g/mol. The SMILES string of the molecule is Cc1cc(C)c(-c2ccc3oc4c(-c5ccc(-c6cc7ccccc7c7ccccc67)cc5)cc(-c5c(C)cc(C)cc5C)cc4c3c2)c(C)c1.Cc1ccc(-c2ccc3oc4c(-c5ccc(-c6cc7ccccc7c7ccccc67)cc5)cc(-c5ccc(C)cc5)cc4c3c2)cc1.Cc1ccc2cc(-c3ccc(-c4cccc5c4oc4ccccc45)cc3)c3ccccc3c2c1. The van der Waals surface area contributed by atoms with Crippen LogP contribution in [-0.2, 0) is 0 Å². The van der Waals surface area contributed by atoms with Gasteiger partial charge in [-0.1, -0.05) is 361 Å². The van der Waals surface area contributed by atoms with Crippen LogP contribution >= 0.6 is 0 Å². The van der Waals surface area contributed by atoms with Gasteiger partial charge in [0.15, 0.2) is 0 Å². The maximum Gasteiger partial charge on any atom is 0.143 e. The summed E-state index contributed by atoms with van der Waals surface area (Å²) in [6.45, 7) is 19.7. The highest BCUT2D eigenvalue weighted by molar-refractivity contribution is 6.19. The molecule has 25 rings (SSSR count). The zero-order chi connectivity index (χ0) is 89.1. The Kier molecular flexibility index (Phi) is 20.0. The molecule has 0 fully saturated rings. The van der Waals surface area contributed by atoms with Gasteiger partial charge in [-0.2, -0.15) is 0 Å². The van der Waals surface area contributed by atoms with Crippen molar-refractivity contribution in [2.24, 2.45) is 0 Å². The molecule has 3 aromatic heterocycles. The van der Waals surface area contributed by atoms with Gasteiger partial charge in [0.25, 0.3) is 0 Å². The first-order chi connectivity index (χ1) is 64.6. The van der Waals surface area contributed by atoms with Crippen LogP contribution in [0.15, 0.2) is 420 Å². The quantitative estimate of drug-likeness (QED) is 0.128. The Hall–Kier alpha value is -16.2. The predicted octanol–water partition coefficient (Wildman–Crippen LogP) is 37.1. The Labute approximate surface area is 768 Å². The average molecular weight is 1690 g/mol. The highest BCUT2D eigenvalue weighted by atomic mass is 16.3. The fraction of sp³-hybridized carbons (Fsp3) is 0.0698. The van der Waals surface area contributed by atoms with Gasteiger partial charge in [-0.25, -0.2) is 0 Å². The van der Waals surface area contributed by atoms with Crippen LogP contribution in [0.5, 0.6) is 0 Å². The van der Waals surface area contributed by atoms with Crippen molar-refractivity contribution in [3.05, 3.63) is 457 Å². The van der Waals surface area contributed by atoms with Crippen LogP contribution in [0.4, 0.5) is 0 Å². The van der Waals surface area contributed by atoms with E-state index < -0.39 is 0 Å². The first kappa shape index (κ1) is 80.4. The standard InChI is InChI=1S/C50H40O.C46H32O.C33H22O/c1-29-21-31(3)48(32(4)22-29)38-19-20-47-45(26-38)46-28-39(49-33(5)23-30(2)24-34(49)6)27-44(50(46)51-47)36-17-15-35(16-18-36)43-25-37-11-7-8-12-40(37)41-13-9-10-14-42(41)43;1-29-11-15-31(16-12-29)35-23-24-45-43(25-35)44-28-37(32-17-13-30(2)14-18-32)27-42(46(44)47-45)34-21-19-33(20-22-34)41-26-36-7-3-4-8-38(36)39-9-5-6-10-40(39)41;1-21-13-14-24-20-31(27-8-3-2-7-26(27)30(24)19-21)23-17-15-22(16-18-23)25-10-6-11-29-28-9-4-5-12-32(28)34-33(25)29/h7-28H,1-6H3;3-28H,1-2H3;2-20H,1H3. The van der Waals surface area contributed by atoms with E-state index >= 15 is 0 Å². The van der Waals surface area contributed by atoms with Crippen molar-refractivity contribution in [3.8, 4) is 111 Å². The molecule has 132 heavy (non-hydrogen) atoms. The van der Waals surface area contributed by atoms with E-state index in [9.17, 15) is 0 Å². The molecule has 3 nitrogen and oxygen atoms in total. The van der Waals surface area contributed by atoms with E-state index in [1.807, 2.05) is 12.1 Å². The third kappa shape index (κ3) is 14.4. The Morgan fingerprint density at radius 1 is 0.136 bits per heavy atom. The molecule has 3 heterocycles. The fourth-order valence-electron chi connectivity index (χ4n) is 21.1. The minimum Gasteiger partial charge on any atom is -0.455 e. The normalized spacial score (nSPS) is 11.7. The smallest absolute Gasteiger partial charge is 0.143 e. The number of para-hydroxylation sites is 2. The lowest BCUT2D eigenvalue weighted by atomic mass is 9.89. The Balaban J connectivity index is 0.000000114. The molecule has 0 aliphatic carbocycles. The van der Waals surface area contributed by atoms with Crippen LogP contribution < -0.4 is 0 Å². The molecule has 22 aromatic carbocycles. The Morgan fingerprint density at radius 3 is 0.924 bits per heavy atom. The summed E-state index contributed by atoms with van der Waals surface area (Å²) >= 11 is 0. The van der Waals surface area contributed by atoms with Gasteiger partial charge in [-0.3, -0.25) is 0 Å². The summed E-state index contributed by atoms with van der Waals surface area (Å²) in [5.41, 5.74) is 41.0.